The Labute approximate surface area is 153 Å². The number of carbonyl (C=O) groups excluding carboxylic acids is 2. The van der Waals surface area contributed by atoms with Crippen LogP contribution in [-0.4, -0.2) is 40.9 Å². The standard InChI is InChI=1S/C16H14N2O5S2/c1-2-22-12-7-10(3-4-11(12)23-6-5-17)8-13-15(21)18(9-14(19)20)16(24)25-13/h3-4,7-8H,2,6,9H2,1H3,(H,19,20)/p-1/b13-8+. The molecule has 130 valence electrons. The lowest BCUT2D eigenvalue weighted by atomic mass is 10.2. The Kier molecular flexibility index (Phi) is 6.38. The monoisotopic (exact) mass is 377 g/mol. The highest BCUT2D eigenvalue weighted by Crippen LogP contribution is 2.34. The van der Waals surface area contributed by atoms with Crippen LogP contribution in [0.4, 0.5) is 0 Å². The second kappa shape index (κ2) is 8.50. The number of hydrogen-bond donors (Lipinski definition) is 0. The summed E-state index contributed by atoms with van der Waals surface area (Å²) in [5, 5.41) is 19.3. The number of ether oxygens (including phenoxy) is 2. The second-order valence-electron chi connectivity index (χ2n) is 4.73. The number of carbonyl (C=O) groups is 2. The number of carboxylic acid groups (broad SMARTS) is 1. The first kappa shape index (κ1) is 18.8. The Balaban J connectivity index is 2.27. The van der Waals surface area contributed by atoms with Gasteiger partial charge in [-0.3, -0.25) is 9.69 Å². The summed E-state index contributed by atoms with van der Waals surface area (Å²) in [6, 6.07) is 6.88. The third-order valence-corrected chi connectivity index (χ3v) is 4.40. The summed E-state index contributed by atoms with van der Waals surface area (Å²) < 4.78 is 10.9. The number of aliphatic carboxylic acids is 1. The molecule has 1 aromatic carbocycles. The van der Waals surface area contributed by atoms with E-state index in [0.717, 1.165) is 16.7 Å². The summed E-state index contributed by atoms with van der Waals surface area (Å²) in [5.74, 6) is -1.00. The molecule has 1 aromatic rings. The predicted molar refractivity (Wildman–Crippen MR) is 93.6 cm³/mol. The van der Waals surface area contributed by atoms with Crippen LogP contribution in [0, 0.1) is 11.3 Å². The highest BCUT2D eigenvalue weighted by molar-refractivity contribution is 8.26. The molecule has 7 nitrogen and oxygen atoms in total. The van der Waals surface area contributed by atoms with Crippen molar-refractivity contribution in [3.63, 3.8) is 0 Å². The van der Waals surface area contributed by atoms with E-state index in [1.165, 1.54) is 0 Å². The van der Waals surface area contributed by atoms with Gasteiger partial charge in [0.25, 0.3) is 5.91 Å². The van der Waals surface area contributed by atoms with E-state index in [1.54, 1.807) is 24.3 Å². The number of benzene rings is 1. The largest absolute Gasteiger partial charge is 0.548 e. The number of nitrogens with zero attached hydrogens (tertiary/aromatic N) is 2. The van der Waals surface area contributed by atoms with Crippen molar-refractivity contribution in [2.24, 2.45) is 0 Å². The molecule has 0 spiro atoms. The molecule has 1 heterocycles. The lowest BCUT2D eigenvalue weighted by Gasteiger charge is -2.14. The number of rotatable bonds is 7. The highest BCUT2D eigenvalue weighted by atomic mass is 32.2. The first-order chi connectivity index (χ1) is 12.0. The van der Waals surface area contributed by atoms with Gasteiger partial charge in [0.05, 0.1) is 24.0 Å². The SMILES string of the molecule is CCOc1cc(/C=C2/SC(=S)N(CC(=O)[O-])C2=O)ccc1OCC#N. The number of thioether (sulfide) groups is 1. The summed E-state index contributed by atoms with van der Waals surface area (Å²) in [6.07, 6.45) is 1.59. The van der Waals surface area contributed by atoms with E-state index in [9.17, 15) is 14.7 Å². The number of carboxylic acids is 1. The maximum atomic E-state index is 12.2. The van der Waals surface area contributed by atoms with Crippen molar-refractivity contribution in [3.8, 4) is 17.6 Å². The van der Waals surface area contributed by atoms with E-state index in [1.807, 2.05) is 13.0 Å². The molecular weight excluding hydrogens is 364 g/mol. The molecule has 1 aliphatic rings. The summed E-state index contributed by atoms with van der Waals surface area (Å²) >= 11 is 6.04. The average Bonchev–Trinajstić information content (AvgIpc) is 2.81. The van der Waals surface area contributed by atoms with Crippen molar-refractivity contribution >= 4 is 46.3 Å². The molecule has 9 heteroatoms. The topological polar surface area (TPSA) is 103 Å². The molecule has 0 saturated carbocycles. The van der Waals surface area contributed by atoms with E-state index < -0.39 is 18.4 Å². The van der Waals surface area contributed by atoms with Gasteiger partial charge in [-0.05, 0) is 30.7 Å². The highest BCUT2D eigenvalue weighted by Gasteiger charge is 2.31. The van der Waals surface area contributed by atoms with E-state index in [4.69, 9.17) is 27.0 Å². The van der Waals surface area contributed by atoms with E-state index in [-0.39, 0.29) is 10.9 Å². The van der Waals surface area contributed by atoms with Crippen LogP contribution in [-0.2, 0) is 9.59 Å². The van der Waals surface area contributed by atoms with Crippen molar-refractivity contribution < 1.29 is 24.2 Å². The Morgan fingerprint density at radius 1 is 1.44 bits per heavy atom. The van der Waals surface area contributed by atoms with E-state index in [0.29, 0.717) is 28.6 Å². The zero-order chi connectivity index (χ0) is 18.4. The lowest BCUT2D eigenvalue weighted by Crippen LogP contribution is -2.40. The Bertz CT molecular complexity index is 785. The smallest absolute Gasteiger partial charge is 0.266 e. The summed E-state index contributed by atoms with van der Waals surface area (Å²) in [7, 11) is 0. The van der Waals surface area contributed by atoms with Crippen LogP contribution in [0.15, 0.2) is 23.1 Å². The maximum Gasteiger partial charge on any atom is 0.266 e. The van der Waals surface area contributed by atoms with Crippen LogP contribution in [0.1, 0.15) is 12.5 Å². The van der Waals surface area contributed by atoms with Crippen molar-refractivity contribution in [2.75, 3.05) is 19.8 Å². The van der Waals surface area contributed by atoms with Crippen molar-refractivity contribution in [2.45, 2.75) is 6.92 Å². The second-order valence-corrected chi connectivity index (χ2v) is 6.40. The fourth-order valence-electron chi connectivity index (χ4n) is 2.03. The predicted octanol–water partition coefficient (Wildman–Crippen LogP) is 0.939. The first-order valence-corrected chi connectivity index (χ1v) is 8.40. The minimum atomic E-state index is -1.38. The van der Waals surface area contributed by atoms with Crippen LogP contribution in [0.3, 0.4) is 0 Å². The van der Waals surface area contributed by atoms with E-state index in [2.05, 4.69) is 0 Å². The third kappa shape index (κ3) is 4.71. The van der Waals surface area contributed by atoms with Gasteiger partial charge in [0, 0.05) is 0 Å². The molecule has 0 unspecified atom stereocenters. The summed E-state index contributed by atoms with van der Waals surface area (Å²) in [5.41, 5.74) is 0.654. The molecule has 0 atom stereocenters. The molecule has 1 aliphatic heterocycles. The number of amides is 1. The first-order valence-electron chi connectivity index (χ1n) is 7.18. The molecule has 25 heavy (non-hydrogen) atoms. The van der Waals surface area contributed by atoms with E-state index >= 15 is 0 Å². The van der Waals surface area contributed by atoms with Gasteiger partial charge in [0.1, 0.15) is 10.4 Å². The van der Waals surface area contributed by atoms with Crippen molar-refractivity contribution in [1.82, 2.24) is 4.90 Å². The van der Waals surface area contributed by atoms with Crippen molar-refractivity contribution in [1.29, 1.82) is 5.26 Å². The van der Waals surface area contributed by atoms with Gasteiger partial charge in [0.15, 0.2) is 18.1 Å². The molecule has 0 radical (unpaired) electrons. The van der Waals surface area contributed by atoms with Crippen LogP contribution < -0.4 is 14.6 Å². The van der Waals surface area contributed by atoms with Gasteiger partial charge in [-0.25, -0.2) is 0 Å². The van der Waals surface area contributed by atoms with Gasteiger partial charge in [-0.15, -0.1) is 0 Å². The molecule has 0 aromatic heterocycles. The normalized spacial score (nSPS) is 15.4. The van der Waals surface area contributed by atoms with Crippen LogP contribution in [0.25, 0.3) is 6.08 Å². The fourth-order valence-corrected chi connectivity index (χ4v) is 3.28. The van der Waals surface area contributed by atoms with Gasteiger partial charge in [-0.2, -0.15) is 5.26 Å². The number of nitriles is 1. The molecule has 1 amide bonds. The molecule has 1 fully saturated rings. The van der Waals surface area contributed by atoms with Crippen molar-refractivity contribution in [3.05, 3.63) is 28.7 Å². The number of thiocarbonyl (C=S) groups is 1. The lowest BCUT2D eigenvalue weighted by molar-refractivity contribution is -0.305. The number of hydrogen-bond acceptors (Lipinski definition) is 8. The van der Waals surface area contributed by atoms with Crippen LogP contribution >= 0.6 is 24.0 Å². The zero-order valence-electron chi connectivity index (χ0n) is 13.2. The Morgan fingerprint density at radius 3 is 2.84 bits per heavy atom. The van der Waals surface area contributed by atoms with Crippen LogP contribution in [0.5, 0.6) is 11.5 Å². The molecule has 0 bridgehead atoms. The van der Waals surface area contributed by atoms with Crippen LogP contribution in [0.2, 0.25) is 0 Å². The average molecular weight is 377 g/mol. The molecule has 2 rings (SSSR count). The molecule has 0 N–H and O–H groups in total. The third-order valence-electron chi connectivity index (χ3n) is 3.02. The maximum absolute atomic E-state index is 12.2. The fraction of sp³-hybridized carbons (Fsp3) is 0.250. The van der Waals surface area contributed by atoms with Gasteiger partial charge >= 0.3 is 0 Å². The zero-order valence-corrected chi connectivity index (χ0v) is 14.8. The molecular formula is C16H13N2O5S2-. The van der Waals surface area contributed by atoms with Gasteiger partial charge in [-0.1, -0.05) is 30.0 Å². The molecule has 0 aliphatic carbocycles. The Hall–Kier alpha value is -2.57. The summed E-state index contributed by atoms with van der Waals surface area (Å²) in [6.45, 7) is 1.53. The Morgan fingerprint density at radius 2 is 2.20 bits per heavy atom. The quantitative estimate of drug-likeness (QED) is 0.511. The van der Waals surface area contributed by atoms with Gasteiger partial charge in [0.2, 0.25) is 0 Å². The summed E-state index contributed by atoms with van der Waals surface area (Å²) in [4.78, 5) is 24.2. The minimum Gasteiger partial charge on any atom is -0.548 e. The minimum absolute atomic E-state index is 0.110. The van der Waals surface area contributed by atoms with Gasteiger partial charge < -0.3 is 19.4 Å². The molecule has 1 saturated heterocycles.